The maximum Gasteiger partial charge on any atom is 0.460 e. The highest BCUT2D eigenvalue weighted by Gasteiger charge is 2.94. The molecule has 1 N–H and O–H groups in total. The predicted molar refractivity (Wildman–Crippen MR) is 79.7 cm³/mol. The van der Waals surface area contributed by atoms with Crippen LogP contribution in [0.2, 0.25) is 0 Å². The molecule has 0 aliphatic heterocycles. The second-order valence-electron chi connectivity index (χ2n) is 7.38. The Morgan fingerprint density at radius 2 is 0.781 bits per heavy atom. The standard InChI is InChI=1S/C16H19F15O/c1-3-4-5-6-7-8-9(2,32)10(17,18)11(19,20)12(21,22)13(23,24)14(25,26)15(27,28)16(29,30)31/h32H,3-8H2,1-2H3. The van der Waals surface area contributed by atoms with E-state index >= 15 is 0 Å². The van der Waals surface area contributed by atoms with Crippen molar-refractivity contribution in [3.63, 3.8) is 0 Å². The van der Waals surface area contributed by atoms with Crippen LogP contribution in [0, 0.1) is 0 Å². The van der Waals surface area contributed by atoms with Crippen molar-refractivity contribution < 1.29 is 71.0 Å². The van der Waals surface area contributed by atoms with Crippen LogP contribution in [0.4, 0.5) is 65.9 Å². The van der Waals surface area contributed by atoms with Gasteiger partial charge in [0.05, 0.1) is 0 Å². The van der Waals surface area contributed by atoms with Crippen molar-refractivity contribution in [2.45, 2.75) is 99.7 Å². The minimum absolute atomic E-state index is 0.0337. The molecule has 0 saturated heterocycles. The third-order valence-electron chi connectivity index (χ3n) is 4.77. The minimum Gasteiger partial charge on any atom is -0.384 e. The molecule has 0 aromatic rings. The Labute approximate surface area is 171 Å². The number of halogens is 15. The van der Waals surface area contributed by atoms with Crippen molar-refractivity contribution in [2.24, 2.45) is 0 Å². The topological polar surface area (TPSA) is 20.2 Å². The molecule has 0 aromatic carbocycles. The van der Waals surface area contributed by atoms with Crippen molar-refractivity contribution in [1.82, 2.24) is 0 Å². The second-order valence-corrected chi connectivity index (χ2v) is 7.38. The Hall–Kier alpha value is -1.09. The highest BCUT2D eigenvalue weighted by Crippen LogP contribution is 2.63. The second kappa shape index (κ2) is 8.93. The van der Waals surface area contributed by atoms with Crippen LogP contribution in [-0.2, 0) is 0 Å². The Kier molecular flexibility index (Phi) is 8.63. The van der Waals surface area contributed by atoms with Gasteiger partial charge in [-0.15, -0.1) is 0 Å². The fourth-order valence-corrected chi connectivity index (χ4v) is 2.53. The Bertz CT molecular complexity index is 621. The van der Waals surface area contributed by atoms with E-state index in [4.69, 9.17) is 0 Å². The third kappa shape index (κ3) is 4.61. The van der Waals surface area contributed by atoms with E-state index in [0.29, 0.717) is 19.3 Å². The van der Waals surface area contributed by atoms with Gasteiger partial charge in [0, 0.05) is 0 Å². The quantitative estimate of drug-likeness (QED) is 0.213. The molecule has 0 spiro atoms. The summed E-state index contributed by atoms with van der Waals surface area (Å²) in [5, 5.41) is 9.53. The summed E-state index contributed by atoms with van der Waals surface area (Å²) < 4.78 is 198. The summed E-state index contributed by atoms with van der Waals surface area (Å²) in [6.07, 6.45) is -8.28. The molecular formula is C16H19F15O. The molecule has 0 amide bonds. The smallest absolute Gasteiger partial charge is 0.384 e. The van der Waals surface area contributed by atoms with E-state index in [0.717, 1.165) is 0 Å². The van der Waals surface area contributed by atoms with Crippen LogP contribution in [-0.4, -0.2) is 52.4 Å². The van der Waals surface area contributed by atoms with E-state index < -0.39 is 60.2 Å². The lowest BCUT2D eigenvalue weighted by atomic mass is 9.82. The van der Waals surface area contributed by atoms with Gasteiger partial charge in [-0.1, -0.05) is 39.0 Å². The van der Waals surface area contributed by atoms with Crippen molar-refractivity contribution in [3.05, 3.63) is 0 Å². The number of rotatable bonds is 12. The molecule has 0 fully saturated rings. The van der Waals surface area contributed by atoms with Crippen LogP contribution >= 0.6 is 0 Å². The first kappa shape index (κ1) is 30.9. The van der Waals surface area contributed by atoms with E-state index in [2.05, 4.69) is 0 Å². The molecule has 0 aliphatic carbocycles. The molecule has 32 heavy (non-hydrogen) atoms. The van der Waals surface area contributed by atoms with Gasteiger partial charge in [-0.05, 0) is 13.3 Å². The van der Waals surface area contributed by atoms with Gasteiger partial charge in [0.2, 0.25) is 0 Å². The zero-order chi connectivity index (χ0) is 26.2. The van der Waals surface area contributed by atoms with E-state index in [9.17, 15) is 71.0 Å². The molecule has 16 heteroatoms. The summed E-state index contributed by atoms with van der Waals surface area (Å²) in [4.78, 5) is 0. The lowest BCUT2D eigenvalue weighted by Crippen LogP contribution is -2.75. The van der Waals surface area contributed by atoms with Crippen LogP contribution in [0.25, 0.3) is 0 Å². The molecule has 1 unspecified atom stereocenters. The molecule has 0 aromatic heterocycles. The number of aliphatic hydroxyl groups is 1. The third-order valence-corrected chi connectivity index (χ3v) is 4.77. The Morgan fingerprint density at radius 1 is 0.469 bits per heavy atom. The van der Waals surface area contributed by atoms with Gasteiger partial charge in [-0.25, -0.2) is 0 Å². The van der Waals surface area contributed by atoms with E-state index in [1.165, 1.54) is 0 Å². The summed E-state index contributed by atoms with van der Waals surface area (Å²) in [5.41, 5.74) is -4.26. The maximum absolute atomic E-state index is 14.0. The molecular weight excluding hydrogens is 493 g/mol. The first-order valence-corrected chi connectivity index (χ1v) is 8.87. The largest absolute Gasteiger partial charge is 0.460 e. The first-order chi connectivity index (χ1) is 13.8. The number of alkyl halides is 15. The highest BCUT2D eigenvalue weighted by molar-refractivity contribution is 5.15. The highest BCUT2D eigenvalue weighted by atomic mass is 19.4. The predicted octanol–water partition coefficient (Wildman–Crippen LogP) is 7.47. The molecule has 0 rings (SSSR count). The maximum atomic E-state index is 14.0. The van der Waals surface area contributed by atoms with Crippen LogP contribution in [0.3, 0.4) is 0 Å². The Morgan fingerprint density at radius 3 is 1.12 bits per heavy atom. The van der Waals surface area contributed by atoms with Gasteiger partial charge in [0.1, 0.15) is 5.60 Å². The van der Waals surface area contributed by atoms with Crippen LogP contribution in [0.5, 0.6) is 0 Å². The monoisotopic (exact) mass is 512 g/mol. The number of hydrogen-bond acceptors (Lipinski definition) is 1. The van der Waals surface area contributed by atoms with Crippen molar-refractivity contribution in [2.75, 3.05) is 0 Å². The lowest BCUT2D eigenvalue weighted by Gasteiger charge is -2.44. The van der Waals surface area contributed by atoms with Gasteiger partial charge in [-0.3, -0.25) is 0 Å². The summed E-state index contributed by atoms with van der Waals surface area (Å²) in [6, 6.07) is 0. The van der Waals surface area contributed by atoms with Gasteiger partial charge < -0.3 is 5.11 Å². The van der Waals surface area contributed by atoms with Gasteiger partial charge in [-0.2, -0.15) is 65.9 Å². The zero-order valence-electron chi connectivity index (χ0n) is 16.4. The van der Waals surface area contributed by atoms with Crippen molar-refractivity contribution in [3.8, 4) is 0 Å². The SMILES string of the molecule is CCCCCCCC(C)(O)C(F)(F)C(F)(F)C(F)(F)C(F)(F)C(F)(F)C(F)(F)C(F)(F)F. The van der Waals surface area contributed by atoms with Crippen LogP contribution in [0.15, 0.2) is 0 Å². The average Bonchev–Trinajstić information content (AvgIpc) is 2.59. The molecule has 194 valence electrons. The zero-order valence-corrected chi connectivity index (χ0v) is 16.4. The van der Waals surface area contributed by atoms with Gasteiger partial charge >= 0.3 is 41.7 Å². The average molecular weight is 512 g/mol. The summed E-state index contributed by atoms with van der Waals surface area (Å²) in [6.45, 7) is 1.47. The van der Waals surface area contributed by atoms with Crippen molar-refractivity contribution >= 4 is 0 Å². The molecule has 0 heterocycles. The molecule has 1 atom stereocenters. The normalized spacial score (nSPS) is 17.4. The molecule has 0 aliphatic rings. The lowest BCUT2D eigenvalue weighted by molar-refractivity contribution is -0.459. The number of hydrogen-bond donors (Lipinski definition) is 1. The molecule has 0 bridgehead atoms. The summed E-state index contributed by atoms with van der Waals surface area (Å²) >= 11 is 0. The molecule has 0 saturated carbocycles. The van der Waals surface area contributed by atoms with Crippen molar-refractivity contribution in [1.29, 1.82) is 0 Å². The van der Waals surface area contributed by atoms with Gasteiger partial charge in [0.15, 0.2) is 0 Å². The fourth-order valence-electron chi connectivity index (χ4n) is 2.53. The Balaban J connectivity index is 6.25. The minimum atomic E-state index is -8.34. The fraction of sp³-hybridized carbons (Fsp3) is 1.00. The van der Waals surface area contributed by atoms with Crippen LogP contribution in [0.1, 0.15) is 52.4 Å². The number of unbranched alkanes of at least 4 members (excludes halogenated alkanes) is 4. The first-order valence-electron chi connectivity index (χ1n) is 8.87. The summed E-state index contributed by atoms with van der Waals surface area (Å²) in [7, 11) is 0. The molecule has 1 nitrogen and oxygen atoms in total. The van der Waals surface area contributed by atoms with E-state index in [1.807, 2.05) is 0 Å². The van der Waals surface area contributed by atoms with E-state index in [-0.39, 0.29) is 13.3 Å². The summed E-state index contributed by atoms with van der Waals surface area (Å²) in [5.74, 6) is -47.2. The van der Waals surface area contributed by atoms with Gasteiger partial charge in [0.25, 0.3) is 0 Å². The molecule has 0 radical (unpaired) electrons. The van der Waals surface area contributed by atoms with Crippen LogP contribution < -0.4 is 0 Å². The van der Waals surface area contributed by atoms with E-state index in [1.54, 1.807) is 6.92 Å².